The Morgan fingerprint density at radius 2 is 1.61 bits per heavy atom. The van der Waals surface area contributed by atoms with Crippen molar-refractivity contribution >= 4 is 16.9 Å². The number of ether oxygens (including phenoxy) is 3. The number of benzene rings is 2. The van der Waals surface area contributed by atoms with Crippen LogP contribution in [-0.4, -0.2) is 13.1 Å². The van der Waals surface area contributed by atoms with E-state index in [1.165, 1.54) is 43.5 Å². The molecule has 1 heterocycles. The first-order valence-corrected chi connectivity index (χ1v) is 7.87. The lowest BCUT2D eigenvalue weighted by atomic mass is 10.2. The summed E-state index contributed by atoms with van der Waals surface area (Å²) >= 11 is 0. The quantitative estimate of drug-likeness (QED) is 0.478. The lowest BCUT2D eigenvalue weighted by Gasteiger charge is -2.13. The minimum Gasteiger partial charge on any atom is -0.497 e. The molecule has 0 saturated carbocycles. The van der Waals surface area contributed by atoms with Gasteiger partial charge in [0, 0.05) is 13.0 Å². The summed E-state index contributed by atoms with van der Waals surface area (Å²) in [7, 11) is 1.43. The Balaban J connectivity index is 2.15. The molecule has 2 aromatic carbocycles. The van der Waals surface area contributed by atoms with E-state index in [-0.39, 0.29) is 16.9 Å². The van der Waals surface area contributed by atoms with E-state index in [2.05, 4.69) is 0 Å². The molecule has 0 amide bonds. The van der Waals surface area contributed by atoms with E-state index in [0.29, 0.717) is 5.75 Å². The summed E-state index contributed by atoms with van der Waals surface area (Å²) < 4.78 is 60.3. The van der Waals surface area contributed by atoms with Gasteiger partial charge in [0.2, 0.25) is 11.2 Å². The first kappa shape index (κ1) is 19.3. The highest BCUT2D eigenvalue weighted by molar-refractivity contribution is 5.81. The molecular weight excluding hydrogens is 381 g/mol. The summed E-state index contributed by atoms with van der Waals surface area (Å²) in [4.78, 5) is 23.7. The number of methoxy groups -OCH3 is 1. The summed E-state index contributed by atoms with van der Waals surface area (Å²) in [5.74, 6) is -2.86. The van der Waals surface area contributed by atoms with E-state index in [1.807, 2.05) is 0 Å². The highest BCUT2D eigenvalue weighted by Gasteiger charge is 2.40. The standard InChI is InChI=1S/C19H13F3O6/c1-10(23)26-13-7-8-14-15(9-13)28-18(19(20,21)22)17(16(14)24)27-12-5-3-11(25-2)4-6-12/h3-9H,1-2H3. The monoisotopic (exact) mass is 394 g/mol. The predicted molar refractivity (Wildman–Crippen MR) is 91.9 cm³/mol. The van der Waals surface area contributed by atoms with E-state index >= 15 is 0 Å². The molecule has 0 N–H and O–H groups in total. The maximum atomic E-state index is 13.5. The molecule has 0 atom stereocenters. The van der Waals surface area contributed by atoms with Crippen molar-refractivity contribution < 1.29 is 36.6 Å². The second-order valence-corrected chi connectivity index (χ2v) is 5.62. The van der Waals surface area contributed by atoms with Crippen molar-refractivity contribution in [2.24, 2.45) is 0 Å². The molecule has 146 valence electrons. The van der Waals surface area contributed by atoms with Crippen molar-refractivity contribution in [2.75, 3.05) is 7.11 Å². The molecule has 0 saturated heterocycles. The number of esters is 1. The van der Waals surface area contributed by atoms with Gasteiger partial charge in [-0.1, -0.05) is 0 Å². The molecule has 0 aliphatic carbocycles. The van der Waals surface area contributed by atoms with Gasteiger partial charge in [0.15, 0.2) is 0 Å². The van der Waals surface area contributed by atoms with Gasteiger partial charge in [-0.05, 0) is 36.4 Å². The Morgan fingerprint density at radius 1 is 1.00 bits per heavy atom. The number of halogens is 3. The minimum atomic E-state index is -4.99. The van der Waals surface area contributed by atoms with Gasteiger partial charge in [0.1, 0.15) is 22.8 Å². The van der Waals surface area contributed by atoms with Crippen molar-refractivity contribution in [3.63, 3.8) is 0 Å². The minimum absolute atomic E-state index is 0.00511. The van der Waals surface area contributed by atoms with Gasteiger partial charge in [-0.15, -0.1) is 0 Å². The molecule has 3 rings (SSSR count). The molecule has 28 heavy (non-hydrogen) atoms. The van der Waals surface area contributed by atoms with E-state index in [0.717, 1.165) is 13.0 Å². The fourth-order valence-corrected chi connectivity index (χ4v) is 2.43. The third-order valence-corrected chi connectivity index (χ3v) is 3.62. The van der Waals surface area contributed by atoms with Crippen LogP contribution < -0.4 is 19.6 Å². The van der Waals surface area contributed by atoms with Gasteiger partial charge in [0.05, 0.1) is 12.5 Å². The van der Waals surface area contributed by atoms with Crippen LogP contribution in [0.25, 0.3) is 11.0 Å². The van der Waals surface area contributed by atoms with Crippen LogP contribution in [0.15, 0.2) is 51.7 Å². The van der Waals surface area contributed by atoms with Crippen molar-refractivity contribution in [2.45, 2.75) is 13.1 Å². The molecule has 9 heteroatoms. The third-order valence-electron chi connectivity index (χ3n) is 3.62. The van der Waals surface area contributed by atoms with E-state index in [4.69, 9.17) is 18.6 Å². The van der Waals surface area contributed by atoms with Crippen LogP contribution >= 0.6 is 0 Å². The van der Waals surface area contributed by atoms with Gasteiger partial charge in [-0.2, -0.15) is 13.2 Å². The molecule has 1 aromatic heterocycles. The van der Waals surface area contributed by atoms with Gasteiger partial charge >= 0.3 is 12.1 Å². The number of carbonyl (C=O) groups is 1. The van der Waals surface area contributed by atoms with Crippen LogP contribution in [0.3, 0.4) is 0 Å². The van der Waals surface area contributed by atoms with Gasteiger partial charge in [0.25, 0.3) is 5.76 Å². The number of carbonyl (C=O) groups excluding carboxylic acids is 1. The van der Waals surface area contributed by atoms with Crippen LogP contribution in [0.5, 0.6) is 23.0 Å². The van der Waals surface area contributed by atoms with Crippen molar-refractivity contribution in [1.82, 2.24) is 0 Å². The van der Waals surface area contributed by atoms with E-state index in [1.54, 1.807) is 0 Å². The van der Waals surface area contributed by atoms with Crippen LogP contribution in [0.2, 0.25) is 0 Å². The van der Waals surface area contributed by atoms with Gasteiger partial charge in [-0.25, -0.2) is 0 Å². The number of hydrogen-bond acceptors (Lipinski definition) is 6. The van der Waals surface area contributed by atoms with Crippen LogP contribution in [0.4, 0.5) is 13.2 Å². The Hall–Kier alpha value is -3.49. The number of rotatable bonds is 4. The van der Waals surface area contributed by atoms with Gasteiger partial charge in [-0.3, -0.25) is 9.59 Å². The molecule has 0 aliphatic heterocycles. The zero-order chi connectivity index (χ0) is 20.5. The molecule has 0 bridgehead atoms. The summed E-state index contributed by atoms with van der Waals surface area (Å²) in [6, 6.07) is 9.14. The Morgan fingerprint density at radius 3 is 2.18 bits per heavy atom. The lowest BCUT2D eigenvalue weighted by molar-refractivity contribution is -0.154. The Labute approximate surface area is 156 Å². The fraction of sp³-hybridized carbons (Fsp3) is 0.158. The molecule has 0 spiro atoms. The number of alkyl halides is 3. The van der Waals surface area contributed by atoms with Crippen molar-refractivity contribution in [1.29, 1.82) is 0 Å². The number of hydrogen-bond donors (Lipinski definition) is 0. The predicted octanol–water partition coefficient (Wildman–Crippen LogP) is 4.54. The van der Waals surface area contributed by atoms with Crippen LogP contribution in [0, 0.1) is 0 Å². The summed E-state index contributed by atoms with van der Waals surface area (Å²) in [5.41, 5.74) is -1.41. The van der Waals surface area contributed by atoms with Gasteiger partial charge < -0.3 is 18.6 Å². The fourth-order valence-electron chi connectivity index (χ4n) is 2.43. The maximum Gasteiger partial charge on any atom is 0.453 e. The maximum absolute atomic E-state index is 13.5. The molecule has 0 aliphatic rings. The molecular formula is C19H13F3O6. The average molecular weight is 394 g/mol. The lowest BCUT2D eigenvalue weighted by Crippen LogP contribution is -2.15. The van der Waals surface area contributed by atoms with Crippen LogP contribution in [-0.2, 0) is 11.0 Å². The molecule has 0 radical (unpaired) electrons. The SMILES string of the molecule is COc1ccc(Oc2c(C(F)(F)F)oc3cc(OC(C)=O)ccc3c2=O)cc1. The number of fused-ring (bicyclic) bond motifs is 1. The first-order chi connectivity index (χ1) is 13.2. The Kier molecular flexibility index (Phi) is 5.00. The van der Waals surface area contributed by atoms with Crippen LogP contribution in [0.1, 0.15) is 12.7 Å². The molecule has 3 aromatic rings. The normalized spacial score (nSPS) is 11.3. The Bertz CT molecular complexity index is 1080. The summed E-state index contributed by atoms with van der Waals surface area (Å²) in [5, 5.41) is -0.160. The third kappa shape index (κ3) is 3.93. The summed E-state index contributed by atoms with van der Waals surface area (Å²) in [6.07, 6.45) is -4.99. The zero-order valence-corrected chi connectivity index (χ0v) is 14.6. The van der Waals surface area contributed by atoms with E-state index < -0.39 is 34.7 Å². The summed E-state index contributed by atoms with van der Waals surface area (Å²) in [6.45, 7) is 1.13. The highest BCUT2D eigenvalue weighted by Crippen LogP contribution is 2.38. The molecule has 0 unspecified atom stereocenters. The second-order valence-electron chi connectivity index (χ2n) is 5.62. The average Bonchev–Trinajstić information content (AvgIpc) is 2.63. The van der Waals surface area contributed by atoms with Crippen molar-refractivity contribution in [3.05, 3.63) is 58.4 Å². The first-order valence-electron chi connectivity index (χ1n) is 7.87. The molecule has 0 fully saturated rings. The highest BCUT2D eigenvalue weighted by atomic mass is 19.4. The molecule has 6 nitrogen and oxygen atoms in total. The largest absolute Gasteiger partial charge is 0.497 e. The zero-order valence-electron chi connectivity index (χ0n) is 14.6. The topological polar surface area (TPSA) is 75.0 Å². The van der Waals surface area contributed by atoms with E-state index in [9.17, 15) is 22.8 Å². The smallest absolute Gasteiger partial charge is 0.453 e. The van der Waals surface area contributed by atoms with Crippen molar-refractivity contribution in [3.8, 4) is 23.0 Å². The second kappa shape index (κ2) is 7.26.